The molecule has 0 spiro atoms. The Morgan fingerprint density at radius 3 is 2.10 bits per heavy atom. The van der Waals surface area contributed by atoms with Crippen LogP contribution in [0.5, 0.6) is 0 Å². The fraction of sp³-hybridized carbons (Fsp3) is 0.294. The Balaban J connectivity index is 2.60. The van der Waals surface area contributed by atoms with E-state index in [1.165, 1.54) is 12.1 Å². The first-order chi connectivity index (χ1) is 9.32. The van der Waals surface area contributed by atoms with Crippen molar-refractivity contribution >= 4 is 0 Å². The molecule has 106 valence electrons. The monoisotopic (exact) mass is 275 g/mol. The van der Waals surface area contributed by atoms with Gasteiger partial charge in [0.25, 0.3) is 0 Å². The van der Waals surface area contributed by atoms with Crippen LogP contribution in [0, 0.1) is 39.3 Å². The highest BCUT2D eigenvalue weighted by Crippen LogP contribution is 2.29. The summed E-state index contributed by atoms with van der Waals surface area (Å²) in [4.78, 5) is 0. The summed E-state index contributed by atoms with van der Waals surface area (Å²) in [5, 5.41) is 0. The molecule has 2 N–H and O–H groups in total. The molecule has 0 saturated heterocycles. The van der Waals surface area contributed by atoms with Crippen LogP contribution in [0.15, 0.2) is 24.3 Å². The smallest absolute Gasteiger partial charge is 0.134 e. The third kappa shape index (κ3) is 2.46. The van der Waals surface area contributed by atoms with Crippen molar-refractivity contribution < 1.29 is 8.78 Å². The van der Waals surface area contributed by atoms with Crippen LogP contribution < -0.4 is 5.73 Å². The number of halogens is 2. The summed E-state index contributed by atoms with van der Waals surface area (Å²) >= 11 is 0. The number of rotatable bonds is 2. The van der Waals surface area contributed by atoms with Gasteiger partial charge in [0.1, 0.15) is 11.6 Å². The zero-order chi connectivity index (χ0) is 15.0. The van der Waals surface area contributed by atoms with Gasteiger partial charge in [0, 0.05) is 5.56 Å². The average molecular weight is 275 g/mol. The molecule has 0 saturated carbocycles. The number of benzene rings is 2. The maximum Gasteiger partial charge on any atom is 0.134 e. The van der Waals surface area contributed by atoms with Gasteiger partial charge in [-0.25, -0.2) is 8.78 Å². The van der Waals surface area contributed by atoms with Gasteiger partial charge in [-0.15, -0.1) is 0 Å². The normalized spacial score (nSPS) is 12.6. The molecule has 0 amide bonds. The molecule has 0 aliphatic rings. The minimum atomic E-state index is -0.797. The van der Waals surface area contributed by atoms with Crippen molar-refractivity contribution in [2.45, 2.75) is 33.7 Å². The molecule has 2 rings (SSSR count). The van der Waals surface area contributed by atoms with Gasteiger partial charge in [-0.2, -0.15) is 0 Å². The largest absolute Gasteiger partial charge is 0.320 e. The van der Waals surface area contributed by atoms with E-state index in [-0.39, 0.29) is 5.56 Å². The third-order valence-electron chi connectivity index (χ3n) is 3.85. The van der Waals surface area contributed by atoms with Crippen LogP contribution in [0.4, 0.5) is 8.78 Å². The number of hydrogen-bond acceptors (Lipinski definition) is 1. The molecule has 1 nitrogen and oxygen atoms in total. The second-order valence-electron chi connectivity index (χ2n) is 5.36. The molecule has 0 aromatic heterocycles. The van der Waals surface area contributed by atoms with Gasteiger partial charge in [0.2, 0.25) is 0 Å². The second-order valence-corrected chi connectivity index (χ2v) is 5.36. The molecule has 0 heterocycles. The van der Waals surface area contributed by atoms with E-state index in [1.54, 1.807) is 6.92 Å². The lowest BCUT2D eigenvalue weighted by molar-refractivity contribution is 0.537. The van der Waals surface area contributed by atoms with Gasteiger partial charge >= 0.3 is 0 Å². The quantitative estimate of drug-likeness (QED) is 0.871. The van der Waals surface area contributed by atoms with Gasteiger partial charge in [-0.3, -0.25) is 0 Å². The fourth-order valence-electron chi connectivity index (χ4n) is 2.44. The van der Waals surface area contributed by atoms with Crippen LogP contribution in [0.3, 0.4) is 0 Å². The van der Waals surface area contributed by atoms with Crippen LogP contribution in [-0.2, 0) is 0 Å². The number of aryl methyl sites for hydroxylation is 4. The average Bonchev–Trinajstić information content (AvgIpc) is 2.38. The Kier molecular flexibility index (Phi) is 3.91. The Bertz CT molecular complexity index is 663. The summed E-state index contributed by atoms with van der Waals surface area (Å²) < 4.78 is 28.1. The summed E-state index contributed by atoms with van der Waals surface area (Å²) in [6.45, 7) is 7.49. The molecule has 0 aliphatic carbocycles. The molecular formula is C17H19F2N. The zero-order valence-corrected chi connectivity index (χ0v) is 12.2. The van der Waals surface area contributed by atoms with E-state index < -0.39 is 17.7 Å². The van der Waals surface area contributed by atoms with Gasteiger partial charge in [-0.05, 0) is 61.6 Å². The summed E-state index contributed by atoms with van der Waals surface area (Å²) in [5.74, 6) is -1.16. The van der Waals surface area contributed by atoms with Crippen molar-refractivity contribution in [3.05, 3.63) is 69.3 Å². The van der Waals surface area contributed by atoms with Crippen molar-refractivity contribution in [3.8, 4) is 0 Å². The highest BCUT2D eigenvalue weighted by molar-refractivity contribution is 5.43. The molecule has 0 radical (unpaired) electrons. The second kappa shape index (κ2) is 5.33. The minimum Gasteiger partial charge on any atom is -0.320 e. The summed E-state index contributed by atoms with van der Waals surface area (Å²) in [6, 6.07) is 5.80. The van der Waals surface area contributed by atoms with Crippen LogP contribution in [-0.4, -0.2) is 0 Å². The van der Waals surface area contributed by atoms with E-state index in [9.17, 15) is 8.78 Å². The summed E-state index contributed by atoms with van der Waals surface area (Å²) in [6.07, 6.45) is 0. The fourth-order valence-corrected chi connectivity index (χ4v) is 2.44. The summed E-state index contributed by atoms with van der Waals surface area (Å²) in [5.41, 5.74) is 10.4. The molecule has 2 aromatic rings. The maximum absolute atomic E-state index is 14.2. The standard InChI is InChI=1S/C17H19F2N/c1-9-5-6-14(18)15(16(9)19)17(20)13-8-11(3)10(2)7-12(13)4/h5-8,17H,20H2,1-4H3. The molecule has 1 atom stereocenters. The highest BCUT2D eigenvalue weighted by Gasteiger charge is 2.21. The lowest BCUT2D eigenvalue weighted by atomic mass is 9.91. The minimum absolute atomic E-state index is 0.0589. The predicted molar refractivity (Wildman–Crippen MR) is 77.8 cm³/mol. The van der Waals surface area contributed by atoms with Crippen molar-refractivity contribution in [1.29, 1.82) is 0 Å². The zero-order valence-electron chi connectivity index (χ0n) is 12.2. The van der Waals surface area contributed by atoms with Gasteiger partial charge in [-0.1, -0.05) is 18.2 Å². The van der Waals surface area contributed by atoms with Gasteiger partial charge in [0.05, 0.1) is 6.04 Å². The molecule has 3 heteroatoms. The molecule has 0 bridgehead atoms. The first-order valence-corrected chi connectivity index (χ1v) is 6.60. The van der Waals surface area contributed by atoms with Gasteiger partial charge in [0.15, 0.2) is 0 Å². The first-order valence-electron chi connectivity index (χ1n) is 6.60. The predicted octanol–water partition coefficient (Wildman–Crippen LogP) is 4.25. The van der Waals surface area contributed by atoms with E-state index >= 15 is 0 Å². The van der Waals surface area contributed by atoms with E-state index in [1.807, 2.05) is 32.9 Å². The first kappa shape index (κ1) is 14.7. The van der Waals surface area contributed by atoms with Crippen molar-refractivity contribution in [1.82, 2.24) is 0 Å². The molecular weight excluding hydrogens is 256 g/mol. The molecule has 0 aliphatic heterocycles. The topological polar surface area (TPSA) is 26.0 Å². The van der Waals surface area contributed by atoms with Crippen LogP contribution in [0.25, 0.3) is 0 Å². The SMILES string of the molecule is Cc1cc(C)c(C(N)c2c(F)ccc(C)c2F)cc1C. The van der Waals surface area contributed by atoms with E-state index in [0.717, 1.165) is 22.3 Å². The molecule has 1 unspecified atom stereocenters. The van der Waals surface area contributed by atoms with E-state index in [4.69, 9.17) is 5.73 Å². The Labute approximate surface area is 118 Å². The van der Waals surface area contributed by atoms with Crippen molar-refractivity contribution in [2.24, 2.45) is 5.73 Å². The van der Waals surface area contributed by atoms with E-state index in [2.05, 4.69) is 0 Å². The number of hydrogen-bond donors (Lipinski definition) is 1. The lowest BCUT2D eigenvalue weighted by Crippen LogP contribution is -2.18. The molecule has 2 aromatic carbocycles. The highest BCUT2D eigenvalue weighted by atomic mass is 19.1. The van der Waals surface area contributed by atoms with Crippen molar-refractivity contribution in [2.75, 3.05) is 0 Å². The lowest BCUT2D eigenvalue weighted by Gasteiger charge is -2.19. The Morgan fingerprint density at radius 1 is 0.850 bits per heavy atom. The molecule has 0 fully saturated rings. The Hall–Kier alpha value is -1.74. The van der Waals surface area contributed by atoms with Crippen LogP contribution in [0.1, 0.15) is 39.4 Å². The number of nitrogens with two attached hydrogens (primary N) is 1. The van der Waals surface area contributed by atoms with E-state index in [0.29, 0.717) is 5.56 Å². The third-order valence-corrected chi connectivity index (χ3v) is 3.85. The molecule has 20 heavy (non-hydrogen) atoms. The summed E-state index contributed by atoms with van der Waals surface area (Å²) in [7, 11) is 0. The van der Waals surface area contributed by atoms with Crippen molar-refractivity contribution in [3.63, 3.8) is 0 Å². The van der Waals surface area contributed by atoms with Crippen LogP contribution >= 0.6 is 0 Å². The van der Waals surface area contributed by atoms with Crippen LogP contribution in [0.2, 0.25) is 0 Å². The van der Waals surface area contributed by atoms with Gasteiger partial charge < -0.3 is 5.73 Å². The Morgan fingerprint density at radius 2 is 1.45 bits per heavy atom. The maximum atomic E-state index is 14.2.